The lowest BCUT2D eigenvalue weighted by molar-refractivity contribution is -0.124. The van der Waals surface area contributed by atoms with E-state index in [2.05, 4.69) is 16.6 Å². The van der Waals surface area contributed by atoms with E-state index in [1.807, 2.05) is 60.7 Å². The number of rotatable bonds is 2. The standard InChI is InChI=1S/C17H13N3O/c18-11-14-15(12-7-3-1-4-8-12)16(19-20-17(14)21)13-9-5-2-6-10-13/h1-10,14-15H,(H,20,21). The van der Waals surface area contributed by atoms with E-state index in [0.29, 0.717) is 5.71 Å². The van der Waals surface area contributed by atoms with Crippen molar-refractivity contribution in [1.29, 1.82) is 5.26 Å². The Bertz CT molecular complexity index is 717. The summed E-state index contributed by atoms with van der Waals surface area (Å²) in [5.41, 5.74) is 5.00. The van der Waals surface area contributed by atoms with Gasteiger partial charge in [0.2, 0.25) is 0 Å². The minimum atomic E-state index is -0.778. The summed E-state index contributed by atoms with van der Waals surface area (Å²) in [5.74, 6) is -1.49. The van der Waals surface area contributed by atoms with Crippen LogP contribution in [0.1, 0.15) is 17.0 Å². The zero-order valence-corrected chi connectivity index (χ0v) is 11.2. The van der Waals surface area contributed by atoms with Crippen LogP contribution in [-0.2, 0) is 4.79 Å². The Kier molecular flexibility index (Phi) is 3.48. The minimum Gasteiger partial charge on any atom is -0.272 e. The van der Waals surface area contributed by atoms with Crippen molar-refractivity contribution >= 4 is 11.6 Å². The Morgan fingerprint density at radius 2 is 1.62 bits per heavy atom. The summed E-state index contributed by atoms with van der Waals surface area (Å²) in [6.07, 6.45) is 0. The molecule has 0 aliphatic carbocycles. The van der Waals surface area contributed by atoms with Crippen molar-refractivity contribution in [1.82, 2.24) is 5.43 Å². The van der Waals surface area contributed by atoms with E-state index in [9.17, 15) is 10.1 Å². The van der Waals surface area contributed by atoms with E-state index in [-0.39, 0.29) is 11.8 Å². The third-order valence-electron chi connectivity index (χ3n) is 3.56. The molecule has 1 heterocycles. The van der Waals surface area contributed by atoms with Crippen LogP contribution < -0.4 is 5.43 Å². The minimum absolute atomic E-state index is 0.354. The van der Waals surface area contributed by atoms with Gasteiger partial charge in [-0.25, -0.2) is 5.43 Å². The molecule has 0 saturated heterocycles. The molecule has 102 valence electrons. The summed E-state index contributed by atoms with van der Waals surface area (Å²) in [6.45, 7) is 0. The van der Waals surface area contributed by atoms with E-state index in [4.69, 9.17) is 0 Å². The molecule has 1 aliphatic rings. The van der Waals surface area contributed by atoms with Crippen LogP contribution in [0.4, 0.5) is 0 Å². The quantitative estimate of drug-likeness (QED) is 0.914. The zero-order chi connectivity index (χ0) is 14.7. The Morgan fingerprint density at radius 3 is 2.24 bits per heavy atom. The largest absolute Gasteiger partial charge is 0.272 e. The van der Waals surface area contributed by atoms with Crippen molar-refractivity contribution in [3.63, 3.8) is 0 Å². The van der Waals surface area contributed by atoms with E-state index in [1.54, 1.807) is 0 Å². The Labute approximate surface area is 122 Å². The van der Waals surface area contributed by atoms with Gasteiger partial charge in [-0.15, -0.1) is 0 Å². The van der Waals surface area contributed by atoms with Crippen LogP contribution in [0, 0.1) is 17.2 Å². The van der Waals surface area contributed by atoms with Crippen LogP contribution in [0.15, 0.2) is 65.8 Å². The average molecular weight is 275 g/mol. The number of nitriles is 1. The molecular weight excluding hydrogens is 262 g/mol. The first-order chi connectivity index (χ1) is 10.3. The Balaban J connectivity index is 2.13. The van der Waals surface area contributed by atoms with Gasteiger partial charge in [0.15, 0.2) is 0 Å². The van der Waals surface area contributed by atoms with Gasteiger partial charge in [-0.2, -0.15) is 10.4 Å². The highest BCUT2D eigenvalue weighted by atomic mass is 16.2. The number of hydrazone groups is 1. The maximum atomic E-state index is 11.9. The second-order valence-corrected chi connectivity index (χ2v) is 4.83. The lowest BCUT2D eigenvalue weighted by atomic mass is 9.79. The monoisotopic (exact) mass is 275 g/mol. The molecule has 0 bridgehead atoms. The van der Waals surface area contributed by atoms with Gasteiger partial charge in [0, 0.05) is 0 Å². The van der Waals surface area contributed by atoms with Gasteiger partial charge in [-0.05, 0) is 11.1 Å². The molecule has 1 N–H and O–H groups in total. The van der Waals surface area contributed by atoms with Gasteiger partial charge in [-0.1, -0.05) is 60.7 Å². The number of hydrogen-bond acceptors (Lipinski definition) is 3. The fourth-order valence-electron chi connectivity index (χ4n) is 2.56. The Hall–Kier alpha value is -2.93. The number of benzene rings is 2. The van der Waals surface area contributed by atoms with Crippen molar-refractivity contribution in [2.75, 3.05) is 0 Å². The molecule has 4 heteroatoms. The predicted molar refractivity (Wildman–Crippen MR) is 79.4 cm³/mol. The van der Waals surface area contributed by atoms with Gasteiger partial charge >= 0.3 is 0 Å². The van der Waals surface area contributed by atoms with Crippen molar-refractivity contribution < 1.29 is 4.79 Å². The van der Waals surface area contributed by atoms with Crippen LogP contribution in [0.25, 0.3) is 0 Å². The zero-order valence-electron chi connectivity index (χ0n) is 11.2. The molecule has 0 aromatic heterocycles. The molecule has 2 aromatic rings. The van der Waals surface area contributed by atoms with E-state index >= 15 is 0 Å². The second-order valence-electron chi connectivity index (χ2n) is 4.83. The van der Waals surface area contributed by atoms with Crippen LogP contribution >= 0.6 is 0 Å². The van der Waals surface area contributed by atoms with E-state index < -0.39 is 5.92 Å². The fraction of sp³-hybridized carbons (Fsp3) is 0.118. The number of carbonyl (C=O) groups is 1. The molecule has 2 atom stereocenters. The number of hydrogen-bond donors (Lipinski definition) is 1. The van der Waals surface area contributed by atoms with Gasteiger partial charge in [0.25, 0.3) is 5.91 Å². The maximum Gasteiger partial charge on any atom is 0.258 e. The highest BCUT2D eigenvalue weighted by molar-refractivity contribution is 6.10. The summed E-state index contributed by atoms with van der Waals surface area (Å²) < 4.78 is 0. The topological polar surface area (TPSA) is 65.2 Å². The SMILES string of the molecule is N#CC1C(=O)NN=C(c2ccccc2)C1c1ccccc1. The first kappa shape index (κ1) is 13.1. The number of nitrogens with one attached hydrogen (secondary N) is 1. The third kappa shape index (κ3) is 2.41. The molecule has 0 saturated carbocycles. The molecular formula is C17H13N3O. The highest BCUT2D eigenvalue weighted by Gasteiger charge is 2.37. The fourth-order valence-corrected chi connectivity index (χ4v) is 2.56. The summed E-state index contributed by atoms with van der Waals surface area (Å²) in [6, 6.07) is 21.3. The summed E-state index contributed by atoms with van der Waals surface area (Å²) in [4.78, 5) is 11.9. The lowest BCUT2D eigenvalue weighted by Crippen LogP contribution is -2.40. The van der Waals surface area contributed by atoms with E-state index in [1.165, 1.54) is 0 Å². The molecule has 0 fully saturated rings. The highest BCUT2D eigenvalue weighted by Crippen LogP contribution is 2.31. The van der Waals surface area contributed by atoms with Gasteiger partial charge in [0.05, 0.1) is 17.7 Å². The predicted octanol–water partition coefficient (Wildman–Crippen LogP) is 2.44. The van der Waals surface area contributed by atoms with Crippen molar-refractivity contribution in [3.8, 4) is 6.07 Å². The molecule has 1 amide bonds. The maximum absolute atomic E-state index is 11.9. The van der Waals surface area contributed by atoms with Gasteiger partial charge < -0.3 is 0 Å². The Morgan fingerprint density at radius 1 is 1.00 bits per heavy atom. The van der Waals surface area contributed by atoms with Crippen LogP contribution in [0.2, 0.25) is 0 Å². The van der Waals surface area contributed by atoms with Crippen LogP contribution in [0.5, 0.6) is 0 Å². The van der Waals surface area contributed by atoms with Crippen molar-refractivity contribution in [3.05, 3.63) is 71.8 Å². The van der Waals surface area contributed by atoms with Crippen molar-refractivity contribution in [2.45, 2.75) is 5.92 Å². The molecule has 0 spiro atoms. The van der Waals surface area contributed by atoms with Gasteiger partial charge in [0.1, 0.15) is 5.92 Å². The van der Waals surface area contributed by atoms with Crippen LogP contribution in [0.3, 0.4) is 0 Å². The van der Waals surface area contributed by atoms with Gasteiger partial charge in [-0.3, -0.25) is 4.79 Å². The molecule has 4 nitrogen and oxygen atoms in total. The lowest BCUT2D eigenvalue weighted by Gasteiger charge is -2.27. The smallest absolute Gasteiger partial charge is 0.258 e. The molecule has 21 heavy (non-hydrogen) atoms. The first-order valence-electron chi connectivity index (χ1n) is 6.68. The van der Waals surface area contributed by atoms with E-state index in [0.717, 1.165) is 11.1 Å². The number of nitrogens with zero attached hydrogens (tertiary/aromatic N) is 2. The molecule has 2 aromatic carbocycles. The summed E-state index contributed by atoms with van der Waals surface area (Å²) in [5, 5.41) is 13.6. The third-order valence-corrected chi connectivity index (χ3v) is 3.56. The second kappa shape index (κ2) is 5.59. The molecule has 0 radical (unpaired) electrons. The summed E-state index contributed by atoms with van der Waals surface area (Å²) in [7, 11) is 0. The summed E-state index contributed by atoms with van der Waals surface area (Å²) >= 11 is 0. The normalized spacial score (nSPS) is 21.1. The first-order valence-corrected chi connectivity index (χ1v) is 6.68. The molecule has 3 rings (SSSR count). The molecule has 2 unspecified atom stereocenters. The van der Waals surface area contributed by atoms with Crippen molar-refractivity contribution in [2.24, 2.45) is 11.0 Å². The van der Waals surface area contributed by atoms with Crippen LogP contribution in [-0.4, -0.2) is 11.6 Å². The molecule has 1 aliphatic heterocycles. The number of amides is 1. The average Bonchev–Trinajstić information content (AvgIpc) is 2.56. The number of carbonyl (C=O) groups excluding carboxylic acids is 1.